The summed E-state index contributed by atoms with van der Waals surface area (Å²) in [4.78, 5) is 22.8. The molecule has 17 heavy (non-hydrogen) atoms. The molecular weight excluding hydrogens is 244 g/mol. The molecule has 1 atom stereocenters. The Kier molecular flexibility index (Phi) is 3.19. The van der Waals surface area contributed by atoms with Crippen LogP contribution in [0.2, 0.25) is 5.02 Å². The van der Waals surface area contributed by atoms with Crippen LogP contribution in [0.3, 0.4) is 0 Å². The lowest BCUT2D eigenvalue weighted by atomic mass is 10.1. The van der Waals surface area contributed by atoms with Gasteiger partial charge in [0, 0.05) is 18.0 Å². The minimum atomic E-state index is -0.438. The summed E-state index contributed by atoms with van der Waals surface area (Å²) in [5.41, 5.74) is 0.108. The summed E-state index contributed by atoms with van der Waals surface area (Å²) in [5.74, 6) is -0.665. The second kappa shape index (κ2) is 4.63. The molecule has 5 nitrogen and oxygen atoms in total. The fraction of sp³-hybridized carbons (Fsp3) is 0.273. The number of amides is 2. The molecule has 0 bridgehead atoms. The van der Waals surface area contributed by atoms with Crippen LogP contribution in [0.5, 0.6) is 5.75 Å². The van der Waals surface area contributed by atoms with E-state index in [1.165, 1.54) is 18.2 Å². The number of carbonyl (C=O) groups excluding carboxylic acids is 2. The second-order valence-electron chi connectivity index (χ2n) is 3.84. The number of benzene rings is 1. The Morgan fingerprint density at radius 1 is 1.53 bits per heavy atom. The Morgan fingerprint density at radius 2 is 2.29 bits per heavy atom. The zero-order chi connectivity index (χ0) is 12.4. The Labute approximate surface area is 103 Å². The topological polar surface area (TPSA) is 78.4 Å². The highest BCUT2D eigenvalue weighted by molar-refractivity contribution is 6.31. The van der Waals surface area contributed by atoms with Crippen LogP contribution in [0.1, 0.15) is 16.8 Å². The van der Waals surface area contributed by atoms with Gasteiger partial charge in [-0.05, 0) is 18.2 Å². The third-order valence-electron chi connectivity index (χ3n) is 2.52. The van der Waals surface area contributed by atoms with Crippen molar-refractivity contribution >= 4 is 23.4 Å². The minimum absolute atomic E-state index is 0.0920. The molecule has 1 aliphatic rings. The van der Waals surface area contributed by atoms with Gasteiger partial charge >= 0.3 is 0 Å². The van der Waals surface area contributed by atoms with Gasteiger partial charge in [0.1, 0.15) is 5.75 Å². The minimum Gasteiger partial charge on any atom is -0.507 e. The fourth-order valence-corrected chi connectivity index (χ4v) is 1.83. The summed E-state index contributed by atoms with van der Waals surface area (Å²) in [7, 11) is 0. The molecule has 1 aromatic carbocycles. The molecule has 1 aliphatic heterocycles. The maximum Gasteiger partial charge on any atom is 0.255 e. The summed E-state index contributed by atoms with van der Waals surface area (Å²) >= 11 is 5.74. The van der Waals surface area contributed by atoms with E-state index in [4.69, 9.17) is 11.6 Å². The van der Waals surface area contributed by atoms with E-state index >= 15 is 0 Å². The summed E-state index contributed by atoms with van der Waals surface area (Å²) < 4.78 is 0. The van der Waals surface area contributed by atoms with E-state index < -0.39 is 5.91 Å². The van der Waals surface area contributed by atoms with Gasteiger partial charge < -0.3 is 15.7 Å². The van der Waals surface area contributed by atoms with Crippen LogP contribution in [-0.4, -0.2) is 29.5 Å². The molecule has 90 valence electrons. The van der Waals surface area contributed by atoms with Crippen molar-refractivity contribution in [2.45, 2.75) is 12.5 Å². The number of nitrogens with one attached hydrogen (secondary N) is 2. The van der Waals surface area contributed by atoms with Crippen molar-refractivity contribution in [3.63, 3.8) is 0 Å². The van der Waals surface area contributed by atoms with E-state index in [2.05, 4.69) is 10.6 Å². The predicted molar refractivity (Wildman–Crippen MR) is 62.0 cm³/mol. The van der Waals surface area contributed by atoms with E-state index in [1.807, 2.05) is 0 Å². The molecule has 1 fully saturated rings. The predicted octanol–water partition coefficient (Wildman–Crippen LogP) is 0.664. The number of phenols is 1. The fourth-order valence-electron chi connectivity index (χ4n) is 1.66. The molecular formula is C11H11ClN2O3. The molecule has 1 saturated heterocycles. The van der Waals surface area contributed by atoms with Gasteiger partial charge in [-0.1, -0.05) is 11.6 Å². The molecule has 1 aromatic rings. The van der Waals surface area contributed by atoms with Crippen LogP contribution in [0, 0.1) is 0 Å². The Morgan fingerprint density at radius 3 is 2.94 bits per heavy atom. The first-order valence-corrected chi connectivity index (χ1v) is 5.50. The number of aromatic hydroxyl groups is 1. The molecule has 1 unspecified atom stereocenters. The van der Waals surface area contributed by atoms with Crippen molar-refractivity contribution in [2.24, 2.45) is 0 Å². The number of hydrogen-bond donors (Lipinski definition) is 3. The lowest BCUT2D eigenvalue weighted by molar-refractivity contribution is -0.119. The van der Waals surface area contributed by atoms with Crippen LogP contribution < -0.4 is 10.6 Å². The van der Waals surface area contributed by atoms with E-state index in [0.29, 0.717) is 11.6 Å². The standard InChI is InChI=1S/C11H11ClN2O3/c12-6-1-2-9(15)8(3-6)11(17)14-7-4-10(16)13-5-7/h1-3,7,15H,4-5H2,(H,13,16)(H,14,17). The molecule has 0 aromatic heterocycles. The zero-order valence-corrected chi connectivity index (χ0v) is 9.62. The molecule has 0 radical (unpaired) electrons. The van der Waals surface area contributed by atoms with E-state index in [0.717, 1.165) is 0 Å². The molecule has 0 spiro atoms. The monoisotopic (exact) mass is 254 g/mol. The number of carbonyl (C=O) groups is 2. The van der Waals surface area contributed by atoms with Gasteiger partial charge in [0.15, 0.2) is 0 Å². The largest absolute Gasteiger partial charge is 0.507 e. The number of rotatable bonds is 2. The van der Waals surface area contributed by atoms with Gasteiger partial charge in [-0.25, -0.2) is 0 Å². The first-order chi connectivity index (χ1) is 8.06. The van der Waals surface area contributed by atoms with E-state index in [-0.39, 0.29) is 29.7 Å². The first kappa shape index (κ1) is 11.7. The number of phenolic OH excluding ortho intramolecular Hbond substituents is 1. The van der Waals surface area contributed by atoms with Crippen LogP contribution >= 0.6 is 11.6 Å². The molecule has 0 aliphatic carbocycles. The average molecular weight is 255 g/mol. The quantitative estimate of drug-likeness (QED) is 0.726. The van der Waals surface area contributed by atoms with Crippen molar-refractivity contribution in [1.29, 1.82) is 0 Å². The maximum absolute atomic E-state index is 11.8. The van der Waals surface area contributed by atoms with Crippen LogP contribution in [-0.2, 0) is 4.79 Å². The molecule has 2 amide bonds. The Balaban J connectivity index is 2.09. The normalized spacial score (nSPS) is 18.9. The third kappa shape index (κ3) is 2.68. The molecule has 2 rings (SSSR count). The van der Waals surface area contributed by atoms with E-state index in [9.17, 15) is 14.7 Å². The summed E-state index contributed by atoms with van der Waals surface area (Å²) in [6.45, 7) is 0.409. The highest BCUT2D eigenvalue weighted by atomic mass is 35.5. The van der Waals surface area contributed by atoms with E-state index in [1.54, 1.807) is 0 Å². The lowest BCUT2D eigenvalue weighted by Gasteiger charge is -2.11. The smallest absolute Gasteiger partial charge is 0.255 e. The van der Waals surface area contributed by atoms with Gasteiger partial charge in [-0.15, -0.1) is 0 Å². The summed E-state index contributed by atoms with van der Waals surface area (Å²) in [6.07, 6.45) is 0.257. The van der Waals surface area contributed by atoms with Gasteiger partial charge in [-0.2, -0.15) is 0 Å². The van der Waals surface area contributed by atoms with Crippen molar-refractivity contribution in [3.8, 4) is 5.75 Å². The average Bonchev–Trinajstić information content (AvgIpc) is 2.67. The maximum atomic E-state index is 11.8. The van der Waals surface area contributed by atoms with Gasteiger partial charge in [0.05, 0.1) is 11.6 Å². The Bertz CT molecular complexity index is 476. The molecule has 3 N–H and O–H groups in total. The number of halogens is 1. The van der Waals surface area contributed by atoms with Crippen molar-refractivity contribution in [3.05, 3.63) is 28.8 Å². The third-order valence-corrected chi connectivity index (χ3v) is 2.75. The summed E-state index contributed by atoms with van der Waals surface area (Å²) in [6, 6.07) is 3.99. The molecule has 1 heterocycles. The summed E-state index contributed by atoms with van der Waals surface area (Å²) in [5, 5.41) is 15.2. The van der Waals surface area contributed by atoms with Crippen LogP contribution in [0.25, 0.3) is 0 Å². The lowest BCUT2D eigenvalue weighted by Crippen LogP contribution is -2.36. The Hall–Kier alpha value is -1.75. The SMILES string of the molecule is O=C1CC(NC(=O)c2cc(Cl)ccc2O)CN1. The zero-order valence-electron chi connectivity index (χ0n) is 8.87. The second-order valence-corrected chi connectivity index (χ2v) is 4.28. The highest BCUT2D eigenvalue weighted by Gasteiger charge is 2.24. The van der Waals surface area contributed by atoms with Crippen molar-refractivity contribution < 1.29 is 14.7 Å². The molecule has 0 saturated carbocycles. The number of hydrogen-bond acceptors (Lipinski definition) is 3. The van der Waals surface area contributed by atoms with Crippen LogP contribution in [0.4, 0.5) is 0 Å². The first-order valence-electron chi connectivity index (χ1n) is 5.12. The van der Waals surface area contributed by atoms with Gasteiger partial charge in [-0.3, -0.25) is 9.59 Å². The van der Waals surface area contributed by atoms with Gasteiger partial charge in [0.25, 0.3) is 5.91 Å². The van der Waals surface area contributed by atoms with Crippen LogP contribution in [0.15, 0.2) is 18.2 Å². The van der Waals surface area contributed by atoms with Crippen molar-refractivity contribution in [1.82, 2.24) is 10.6 Å². The van der Waals surface area contributed by atoms with Crippen molar-refractivity contribution in [2.75, 3.05) is 6.54 Å². The highest BCUT2D eigenvalue weighted by Crippen LogP contribution is 2.21. The van der Waals surface area contributed by atoms with Gasteiger partial charge in [0.2, 0.25) is 5.91 Å². The molecule has 6 heteroatoms.